The molecule has 1 aliphatic rings. The number of carbonyl (C=O) groups is 3. The third kappa shape index (κ3) is 13.3. The first-order valence-corrected chi connectivity index (χ1v) is 14.6. The van der Waals surface area contributed by atoms with Crippen molar-refractivity contribution in [3.8, 4) is 0 Å². The second kappa shape index (κ2) is 19.0. The number of rotatable bonds is 19. The molecule has 1 fully saturated rings. The molecule has 0 aliphatic carbocycles. The molecule has 0 radical (unpaired) electrons. The van der Waals surface area contributed by atoms with Gasteiger partial charge >= 0.3 is 5.97 Å². The quantitative estimate of drug-likeness (QED) is 0.204. The largest absolute Gasteiger partial charge is 0.382 e. The molecule has 0 aromatic heterocycles. The molecular weight excluding hydrogens is 524 g/mol. The van der Waals surface area contributed by atoms with Gasteiger partial charge in [-0.2, -0.15) is 5.48 Å². The highest BCUT2D eigenvalue weighted by Crippen LogP contribution is 2.21. The van der Waals surface area contributed by atoms with Gasteiger partial charge < -0.3 is 23.9 Å². The van der Waals surface area contributed by atoms with Crippen LogP contribution in [0.1, 0.15) is 48.8 Å². The Morgan fingerprint density at radius 1 is 0.805 bits per heavy atom. The van der Waals surface area contributed by atoms with Crippen LogP contribution < -0.4 is 5.48 Å². The van der Waals surface area contributed by atoms with Crippen LogP contribution in [0, 0.1) is 5.92 Å². The number of benzene rings is 2. The lowest BCUT2D eigenvalue weighted by Gasteiger charge is -2.39. The van der Waals surface area contributed by atoms with Crippen LogP contribution >= 0.6 is 0 Å². The summed E-state index contributed by atoms with van der Waals surface area (Å²) in [5.41, 5.74) is 5.75. The van der Waals surface area contributed by atoms with Crippen LogP contribution in [0.2, 0.25) is 0 Å². The Morgan fingerprint density at radius 3 is 2.15 bits per heavy atom. The summed E-state index contributed by atoms with van der Waals surface area (Å²) >= 11 is 0. The molecule has 224 valence electrons. The summed E-state index contributed by atoms with van der Waals surface area (Å²) in [5.74, 6) is -0.484. The number of aryl methyl sites for hydroxylation is 2. The molecule has 9 heteroatoms. The first kappa shape index (κ1) is 32.2. The van der Waals surface area contributed by atoms with Crippen LogP contribution in [0.5, 0.6) is 0 Å². The molecule has 1 heterocycles. The van der Waals surface area contributed by atoms with E-state index in [0.717, 1.165) is 37.7 Å². The van der Waals surface area contributed by atoms with Gasteiger partial charge in [-0.25, -0.2) is 4.79 Å². The molecule has 0 spiro atoms. The van der Waals surface area contributed by atoms with Gasteiger partial charge in [0, 0.05) is 26.6 Å². The SMILES string of the molecule is COCCOCCOCC(=O)N1CC(CCCC(=O)ONC(=O)Cc2ccc(CCCCc3ccccc3)cc2)C1. The zero-order valence-corrected chi connectivity index (χ0v) is 24.2. The van der Waals surface area contributed by atoms with Gasteiger partial charge in [0.2, 0.25) is 5.91 Å². The van der Waals surface area contributed by atoms with Gasteiger partial charge in [0.05, 0.1) is 32.8 Å². The molecule has 41 heavy (non-hydrogen) atoms. The molecular formula is C32H44N2O7. The average Bonchev–Trinajstić information content (AvgIpc) is 2.96. The highest BCUT2D eigenvalue weighted by Gasteiger charge is 2.30. The second-order valence-corrected chi connectivity index (χ2v) is 10.4. The fourth-order valence-electron chi connectivity index (χ4n) is 4.62. The first-order chi connectivity index (χ1) is 20.0. The molecule has 0 bridgehead atoms. The van der Waals surface area contributed by atoms with Crippen LogP contribution in [0.25, 0.3) is 0 Å². The van der Waals surface area contributed by atoms with E-state index in [1.165, 1.54) is 11.1 Å². The third-order valence-electron chi connectivity index (χ3n) is 7.02. The van der Waals surface area contributed by atoms with Gasteiger partial charge in [-0.15, -0.1) is 0 Å². The van der Waals surface area contributed by atoms with E-state index in [4.69, 9.17) is 19.0 Å². The highest BCUT2D eigenvalue weighted by atomic mass is 16.7. The number of hydrogen-bond donors (Lipinski definition) is 1. The minimum Gasteiger partial charge on any atom is -0.382 e. The lowest BCUT2D eigenvalue weighted by atomic mass is 9.94. The maximum atomic E-state index is 12.2. The van der Waals surface area contributed by atoms with Crippen LogP contribution in [0.15, 0.2) is 54.6 Å². The van der Waals surface area contributed by atoms with Crippen molar-refractivity contribution >= 4 is 17.8 Å². The molecule has 1 saturated heterocycles. The summed E-state index contributed by atoms with van der Waals surface area (Å²) in [6.07, 6.45) is 6.18. The molecule has 2 aromatic carbocycles. The van der Waals surface area contributed by atoms with Crippen molar-refractivity contribution in [2.45, 2.75) is 51.4 Å². The van der Waals surface area contributed by atoms with Gasteiger partial charge in [-0.1, -0.05) is 54.6 Å². The smallest absolute Gasteiger partial charge is 0.332 e. The summed E-state index contributed by atoms with van der Waals surface area (Å²) in [6, 6.07) is 18.5. The van der Waals surface area contributed by atoms with Crippen molar-refractivity contribution in [3.63, 3.8) is 0 Å². The summed E-state index contributed by atoms with van der Waals surface area (Å²) in [7, 11) is 1.61. The monoisotopic (exact) mass is 568 g/mol. The molecule has 3 rings (SSSR count). The Hall–Kier alpha value is -3.27. The number of methoxy groups -OCH3 is 1. The summed E-state index contributed by atoms with van der Waals surface area (Å²) in [5, 5.41) is 0. The van der Waals surface area contributed by atoms with Crippen molar-refractivity contribution in [1.82, 2.24) is 10.4 Å². The zero-order chi connectivity index (χ0) is 29.1. The Balaban J connectivity index is 1.17. The normalized spacial score (nSPS) is 13.0. The molecule has 2 amide bonds. The average molecular weight is 569 g/mol. The number of unbranched alkanes of at least 4 members (excludes halogenated alkanes) is 1. The van der Waals surface area contributed by atoms with Gasteiger partial charge in [-0.05, 0) is 61.1 Å². The predicted octanol–water partition coefficient (Wildman–Crippen LogP) is 3.68. The van der Waals surface area contributed by atoms with Crippen molar-refractivity contribution in [2.75, 3.05) is 53.2 Å². The van der Waals surface area contributed by atoms with Crippen molar-refractivity contribution < 1.29 is 33.4 Å². The maximum Gasteiger partial charge on any atom is 0.332 e. The number of ether oxygens (including phenoxy) is 3. The minimum atomic E-state index is -0.461. The fraction of sp³-hybridized carbons (Fsp3) is 0.531. The molecule has 0 unspecified atom stereocenters. The fourth-order valence-corrected chi connectivity index (χ4v) is 4.62. The van der Waals surface area contributed by atoms with Gasteiger partial charge in [0.1, 0.15) is 6.61 Å². The molecule has 2 aromatic rings. The van der Waals surface area contributed by atoms with E-state index in [-0.39, 0.29) is 31.3 Å². The Morgan fingerprint density at radius 2 is 1.44 bits per heavy atom. The standard InChI is InChI=1S/C32H44N2O7/c1-38-18-19-39-20-21-40-25-31(36)34-23-29(24-34)12-7-13-32(37)41-33-30(35)22-28-16-14-27(15-17-28)11-6-5-10-26-8-3-2-4-9-26/h2-4,8-9,14-17,29H,5-7,10-13,18-25H2,1H3,(H,33,35). The number of likely N-dealkylation sites (tertiary alicyclic amines) is 1. The zero-order valence-electron chi connectivity index (χ0n) is 24.2. The number of hydroxylamine groups is 1. The first-order valence-electron chi connectivity index (χ1n) is 14.6. The summed E-state index contributed by atoms with van der Waals surface area (Å²) in [6.45, 7) is 3.23. The number of carbonyl (C=O) groups excluding carboxylic acids is 3. The molecule has 1 N–H and O–H groups in total. The molecule has 1 aliphatic heterocycles. The number of hydrogen-bond acceptors (Lipinski definition) is 7. The van der Waals surface area contributed by atoms with Crippen LogP contribution in [0.3, 0.4) is 0 Å². The maximum absolute atomic E-state index is 12.2. The number of amides is 2. The number of nitrogens with one attached hydrogen (secondary N) is 1. The lowest BCUT2D eigenvalue weighted by Crippen LogP contribution is -2.51. The summed E-state index contributed by atoms with van der Waals surface area (Å²) < 4.78 is 15.5. The van der Waals surface area contributed by atoms with Crippen LogP contribution in [-0.2, 0) is 52.7 Å². The van der Waals surface area contributed by atoms with E-state index in [1.807, 2.05) is 18.2 Å². The van der Waals surface area contributed by atoms with E-state index in [1.54, 1.807) is 12.0 Å². The van der Waals surface area contributed by atoms with Gasteiger partial charge in [-0.3, -0.25) is 9.59 Å². The van der Waals surface area contributed by atoms with E-state index in [2.05, 4.69) is 41.9 Å². The van der Waals surface area contributed by atoms with Crippen molar-refractivity contribution in [3.05, 3.63) is 71.3 Å². The van der Waals surface area contributed by atoms with E-state index < -0.39 is 5.97 Å². The third-order valence-corrected chi connectivity index (χ3v) is 7.02. The van der Waals surface area contributed by atoms with Gasteiger partial charge in [0.15, 0.2) is 0 Å². The minimum absolute atomic E-state index is 0.0336. The summed E-state index contributed by atoms with van der Waals surface area (Å²) in [4.78, 5) is 43.0. The van der Waals surface area contributed by atoms with E-state index >= 15 is 0 Å². The van der Waals surface area contributed by atoms with Crippen LogP contribution in [0.4, 0.5) is 0 Å². The van der Waals surface area contributed by atoms with E-state index in [0.29, 0.717) is 51.9 Å². The Kier molecular flexibility index (Phi) is 14.9. The number of nitrogens with zero attached hydrogens (tertiary/aromatic N) is 1. The molecule has 0 atom stereocenters. The van der Waals surface area contributed by atoms with Crippen molar-refractivity contribution in [2.24, 2.45) is 5.92 Å². The molecule has 0 saturated carbocycles. The van der Waals surface area contributed by atoms with Crippen molar-refractivity contribution in [1.29, 1.82) is 0 Å². The molecule has 9 nitrogen and oxygen atoms in total. The van der Waals surface area contributed by atoms with Gasteiger partial charge in [0.25, 0.3) is 5.91 Å². The highest BCUT2D eigenvalue weighted by molar-refractivity contribution is 5.80. The van der Waals surface area contributed by atoms with Crippen LogP contribution in [-0.4, -0.2) is 75.9 Å². The lowest BCUT2D eigenvalue weighted by molar-refractivity contribution is -0.158. The van der Waals surface area contributed by atoms with E-state index in [9.17, 15) is 14.4 Å². The topological polar surface area (TPSA) is 103 Å². The Bertz CT molecular complexity index is 1040. The predicted molar refractivity (Wildman–Crippen MR) is 155 cm³/mol. The second-order valence-electron chi connectivity index (χ2n) is 10.4. The Labute approximate surface area is 243 Å².